The molecule has 1 aliphatic carbocycles. The molecule has 1 aliphatic rings. The Morgan fingerprint density at radius 2 is 1.87 bits per heavy atom. The van der Waals surface area contributed by atoms with Crippen molar-refractivity contribution in [2.45, 2.75) is 65.4 Å². The van der Waals surface area contributed by atoms with E-state index in [2.05, 4.69) is 6.92 Å². The third kappa shape index (κ3) is 6.53. The highest BCUT2D eigenvalue weighted by Gasteiger charge is 2.18. The summed E-state index contributed by atoms with van der Waals surface area (Å²) >= 11 is 0. The van der Waals surface area contributed by atoms with E-state index in [1.165, 1.54) is 29.3 Å². The second-order valence-corrected chi connectivity index (χ2v) is 8.30. The lowest BCUT2D eigenvalue weighted by Gasteiger charge is -2.25. The van der Waals surface area contributed by atoms with Gasteiger partial charge in [-0.05, 0) is 50.2 Å². The first-order chi connectivity index (χ1) is 14.2. The number of rotatable bonds is 9. The van der Waals surface area contributed by atoms with Crippen LogP contribution < -0.4 is 27.9 Å². The Labute approximate surface area is 180 Å². The van der Waals surface area contributed by atoms with Gasteiger partial charge in [0.1, 0.15) is 5.75 Å². The lowest BCUT2D eigenvalue weighted by molar-refractivity contribution is 0.153. The zero-order chi connectivity index (χ0) is 22.3. The van der Waals surface area contributed by atoms with E-state index < -0.39 is 0 Å². The molecule has 0 radical (unpaired) electrons. The summed E-state index contributed by atoms with van der Waals surface area (Å²) in [6.45, 7) is 6.38. The van der Waals surface area contributed by atoms with Crippen LogP contribution in [-0.4, -0.2) is 34.7 Å². The van der Waals surface area contributed by atoms with Crippen LogP contribution in [0.3, 0.4) is 0 Å². The summed E-state index contributed by atoms with van der Waals surface area (Å²) in [6, 6.07) is 3.85. The molecule has 1 saturated carbocycles. The van der Waals surface area contributed by atoms with Gasteiger partial charge in [0.15, 0.2) is 0 Å². The normalized spacial score (nSPS) is 16.4. The molecule has 0 aliphatic heterocycles. The van der Waals surface area contributed by atoms with Crippen molar-refractivity contribution in [2.75, 3.05) is 13.6 Å². The molecule has 1 aromatic heterocycles. The van der Waals surface area contributed by atoms with Crippen LogP contribution in [0.1, 0.15) is 64.3 Å². The van der Waals surface area contributed by atoms with Gasteiger partial charge >= 0.3 is 0 Å². The maximum atomic E-state index is 6.46. The minimum Gasteiger partial charge on any atom is -0.489 e. The molecule has 8 heteroatoms. The molecule has 0 atom stereocenters. The summed E-state index contributed by atoms with van der Waals surface area (Å²) in [6.07, 6.45) is 8.70. The van der Waals surface area contributed by atoms with Crippen LogP contribution in [0.4, 0.5) is 0 Å². The Kier molecular flexibility index (Phi) is 8.80. The van der Waals surface area contributed by atoms with E-state index in [1.807, 2.05) is 26.0 Å². The van der Waals surface area contributed by atoms with Crippen LogP contribution in [0.5, 0.6) is 5.75 Å². The van der Waals surface area contributed by atoms with Crippen molar-refractivity contribution in [2.24, 2.45) is 29.1 Å². The van der Waals surface area contributed by atoms with Gasteiger partial charge in [-0.1, -0.05) is 27.2 Å². The van der Waals surface area contributed by atoms with E-state index in [-0.39, 0.29) is 12.0 Å². The summed E-state index contributed by atoms with van der Waals surface area (Å²) in [5.41, 5.74) is 15.8. The maximum absolute atomic E-state index is 6.46. The molecule has 0 aromatic carbocycles. The van der Waals surface area contributed by atoms with Crippen molar-refractivity contribution in [1.82, 2.24) is 15.0 Å². The topological polar surface area (TPSA) is 133 Å². The third-order valence-electron chi connectivity index (χ3n) is 5.44. The fraction of sp³-hybridized carbons (Fsp3) is 0.591. The van der Waals surface area contributed by atoms with Gasteiger partial charge in [-0.3, -0.25) is 0 Å². The van der Waals surface area contributed by atoms with Crippen LogP contribution in [0, 0.1) is 5.92 Å². The predicted molar refractivity (Wildman–Crippen MR) is 122 cm³/mol. The van der Waals surface area contributed by atoms with Crippen LogP contribution in [0.15, 0.2) is 29.7 Å². The highest BCUT2D eigenvalue weighted by atomic mass is 16.5. The maximum Gasteiger partial charge on any atom is 0.141 e. The van der Waals surface area contributed by atoms with Gasteiger partial charge in [-0.25, -0.2) is 16.7 Å². The number of aromatic nitrogens is 1. The molecule has 8 nitrogen and oxygen atoms in total. The standard InChI is InChI=1S/C22H39N7O/c1-5-18-21(30-16-9-7-6-8-10-16)12-11-19(27-18)22(24)20(28(4)25)14-29(26)13-17(23)15(2)3/h11-13,15-16H,5-10,14,23-26H2,1-4H3/b17-13-,22-20-. The zero-order valence-electron chi connectivity index (χ0n) is 18.9. The first-order valence-corrected chi connectivity index (χ1v) is 10.8. The average Bonchev–Trinajstić information content (AvgIpc) is 2.72. The second-order valence-electron chi connectivity index (χ2n) is 8.30. The molecule has 0 saturated heterocycles. The lowest BCUT2D eigenvalue weighted by Crippen LogP contribution is -2.38. The van der Waals surface area contributed by atoms with Crippen molar-refractivity contribution in [1.29, 1.82) is 0 Å². The van der Waals surface area contributed by atoms with Crippen LogP contribution >= 0.6 is 0 Å². The predicted octanol–water partition coefficient (Wildman–Crippen LogP) is 2.42. The number of pyridine rings is 1. The molecule has 0 spiro atoms. The highest BCUT2D eigenvalue weighted by Crippen LogP contribution is 2.27. The molecule has 1 aromatic rings. The van der Waals surface area contributed by atoms with Crippen LogP contribution in [-0.2, 0) is 6.42 Å². The van der Waals surface area contributed by atoms with E-state index in [0.717, 1.165) is 30.7 Å². The number of aryl methyl sites for hydroxylation is 1. The third-order valence-corrected chi connectivity index (χ3v) is 5.44. The summed E-state index contributed by atoms with van der Waals surface area (Å²) in [5.74, 6) is 13.2. The summed E-state index contributed by atoms with van der Waals surface area (Å²) in [5, 5.41) is 2.95. The minimum atomic E-state index is 0.196. The fourth-order valence-corrected chi connectivity index (χ4v) is 3.46. The number of ether oxygens (including phenoxy) is 1. The van der Waals surface area contributed by atoms with Crippen molar-refractivity contribution in [3.63, 3.8) is 0 Å². The number of nitrogens with zero attached hydrogens (tertiary/aromatic N) is 3. The SMILES string of the molecule is CCc1nc(/C(N)=C(\CN(N)/C=C(\N)C(C)C)N(C)N)ccc1OC1CCCCC1. The zero-order valence-corrected chi connectivity index (χ0v) is 18.9. The van der Waals surface area contributed by atoms with Crippen molar-refractivity contribution in [3.05, 3.63) is 41.1 Å². The second kappa shape index (κ2) is 11.1. The van der Waals surface area contributed by atoms with E-state index in [0.29, 0.717) is 29.3 Å². The molecule has 0 unspecified atom stereocenters. The molecule has 8 N–H and O–H groups in total. The summed E-state index contributed by atoms with van der Waals surface area (Å²) < 4.78 is 6.25. The van der Waals surface area contributed by atoms with E-state index in [9.17, 15) is 0 Å². The Hall–Kier alpha value is -2.45. The van der Waals surface area contributed by atoms with Crippen LogP contribution in [0.25, 0.3) is 5.70 Å². The van der Waals surface area contributed by atoms with Crippen LogP contribution in [0.2, 0.25) is 0 Å². The van der Waals surface area contributed by atoms with Crippen molar-refractivity contribution in [3.8, 4) is 5.75 Å². The first-order valence-electron chi connectivity index (χ1n) is 10.8. The van der Waals surface area contributed by atoms with Gasteiger partial charge in [0.25, 0.3) is 0 Å². The molecule has 2 rings (SSSR count). The van der Waals surface area contributed by atoms with Gasteiger partial charge < -0.3 is 26.2 Å². The number of hydrazine groups is 2. The van der Waals surface area contributed by atoms with E-state index >= 15 is 0 Å². The first kappa shape index (κ1) is 23.8. The van der Waals surface area contributed by atoms with Gasteiger partial charge in [0.05, 0.1) is 35.4 Å². The number of hydrogen-bond acceptors (Lipinski definition) is 8. The van der Waals surface area contributed by atoms with Crippen molar-refractivity contribution >= 4 is 5.70 Å². The molecule has 0 amide bonds. The largest absolute Gasteiger partial charge is 0.489 e. The van der Waals surface area contributed by atoms with Crippen molar-refractivity contribution < 1.29 is 4.74 Å². The number of likely N-dealkylation sites (N-methyl/N-ethyl adjacent to an activating group) is 1. The lowest BCUT2D eigenvalue weighted by atomic mass is 9.98. The summed E-state index contributed by atoms with van der Waals surface area (Å²) in [4.78, 5) is 4.77. The number of nitrogens with two attached hydrogens (primary N) is 4. The fourth-order valence-electron chi connectivity index (χ4n) is 3.46. The van der Waals surface area contributed by atoms with Gasteiger partial charge in [-0.15, -0.1) is 0 Å². The quantitative estimate of drug-likeness (QED) is 0.356. The summed E-state index contributed by atoms with van der Waals surface area (Å²) in [7, 11) is 1.73. The Balaban J connectivity index is 2.26. The molecule has 1 heterocycles. The van der Waals surface area contributed by atoms with Gasteiger partial charge in [-0.2, -0.15) is 0 Å². The molecule has 30 heavy (non-hydrogen) atoms. The highest BCUT2D eigenvalue weighted by molar-refractivity contribution is 5.63. The molecular formula is C22H39N7O. The monoisotopic (exact) mass is 417 g/mol. The van der Waals surface area contributed by atoms with E-state index in [1.54, 1.807) is 13.2 Å². The molecule has 168 valence electrons. The molecule has 0 bridgehead atoms. The Bertz CT molecular complexity index is 752. The number of allylic oxidation sites excluding steroid dienone is 1. The molecular weight excluding hydrogens is 378 g/mol. The Morgan fingerprint density at radius 3 is 2.43 bits per heavy atom. The average molecular weight is 418 g/mol. The van der Waals surface area contributed by atoms with Gasteiger partial charge in [0.2, 0.25) is 0 Å². The van der Waals surface area contributed by atoms with E-state index in [4.69, 9.17) is 32.9 Å². The number of hydrogen-bond donors (Lipinski definition) is 4. The smallest absolute Gasteiger partial charge is 0.141 e. The molecule has 1 fully saturated rings. The Morgan fingerprint density at radius 1 is 1.20 bits per heavy atom. The minimum absolute atomic E-state index is 0.196. The van der Waals surface area contributed by atoms with Gasteiger partial charge in [0, 0.05) is 18.9 Å².